The first kappa shape index (κ1) is 15.1. The molecular formula is C17H16Cl2O. The second-order valence-corrected chi connectivity index (χ2v) is 5.91. The van der Waals surface area contributed by atoms with Crippen molar-refractivity contribution in [3.8, 4) is 0 Å². The molecule has 20 heavy (non-hydrogen) atoms. The summed E-state index contributed by atoms with van der Waals surface area (Å²) in [7, 11) is 0. The van der Waals surface area contributed by atoms with Crippen molar-refractivity contribution >= 4 is 29.0 Å². The molecule has 0 aromatic heterocycles. The third-order valence-corrected chi connectivity index (χ3v) is 4.51. The van der Waals surface area contributed by atoms with Gasteiger partial charge >= 0.3 is 0 Å². The van der Waals surface area contributed by atoms with Gasteiger partial charge in [-0.3, -0.25) is 4.79 Å². The van der Waals surface area contributed by atoms with Gasteiger partial charge in [-0.15, -0.1) is 0 Å². The molecule has 0 amide bonds. The zero-order chi connectivity index (χ0) is 15.0. The summed E-state index contributed by atoms with van der Waals surface area (Å²) in [5.41, 5.74) is 5.61. The molecule has 1 nitrogen and oxygen atoms in total. The monoisotopic (exact) mass is 306 g/mol. The van der Waals surface area contributed by atoms with Crippen LogP contribution < -0.4 is 0 Å². The number of benzene rings is 2. The third-order valence-electron chi connectivity index (χ3n) is 3.77. The van der Waals surface area contributed by atoms with Gasteiger partial charge in [0.05, 0.1) is 10.0 Å². The molecule has 0 unspecified atom stereocenters. The molecule has 0 atom stereocenters. The van der Waals surface area contributed by atoms with E-state index in [2.05, 4.69) is 6.07 Å². The topological polar surface area (TPSA) is 17.1 Å². The third kappa shape index (κ3) is 2.61. The lowest BCUT2D eigenvalue weighted by atomic mass is 9.89. The maximum atomic E-state index is 12.8. The quantitative estimate of drug-likeness (QED) is 0.673. The molecule has 2 aromatic carbocycles. The molecule has 0 bridgehead atoms. The van der Waals surface area contributed by atoms with Crippen LogP contribution in [0, 0.1) is 27.7 Å². The predicted octanol–water partition coefficient (Wildman–Crippen LogP) is 5.46. The van der Waals surface area contributed by atoms with Crippen molar-refractivity contribution in [2.45, 2.75) is 27.7 Å². The van der Waals surface area contributed by atoms with Crippen molar-refractivity contribution in [3.05, 3.63) is 67.7 Å². The van der Waals surface area contributed by atoms with Gasteiger partial charge in [0.15, 0.2) is 5.78 Å². The molecule has 0 radical (unpaired) electrons. The lowest BCUT2D eigenvalue weighted by Gasteiger charge is -2.14. The van der Waals surface area contributed by atoms with Gasteiger partial charge in [-0.2, -0.15) is 0 Å². The van der Waals surface area contributed by atoms with Gasteiger partial charge in [0, 0.05) is 11.1 Å². The molecule has 2 rings (SSSR count). The number of hydrogen-bond acceptors (Lipinski definition) is 1. The summed E-state index contributed by atoms with van der Waals surface area (Å²) >= 11 is 11.9. The second-order valence-electron chi connectivity index (χ2n) is 5.09. The maximum absolute atomic E-state index is 12.8. The minimum absolute atomic E-state index is 0.00892. The Bertz CT molecular complexity index is 676. The molecule has 0 heterocycles. The van der Waals surface area contributed by atoms with Crippen molar-refractivity contribution in [2.24, 2.45) is 0 Å². The molecule has 2 aromatic rings. The number of ketones is 1. The van der Waals surface area contributed by atoms with E-state index < -0.39 is 0 Å². The Morgan fingerprint density at radius 3 is 1.90 bits per heavy atom. The van der Waals surface area contributed by atoms with Crippen molar-refractivity contribution in [3.63, 3.8) is 0 Å². The van der Waals surface area contributed by atoms with Crippen LogP contribution in [0.15, 0.2) is 24.3 Å². The summed E-state index contributed by atoms with van der Waals surface area (Å²) < 4.78 is 0. The summed E-state index contributed by atoms with van der Waals surface area (Å²) in [4.78, 5) is 12.8. The molecule has 0 spiro atoms. The van der Waals surface area contributed by atoms with Crippen molar-refractivity contribution in [1.82, 2.24) is 0 Å². The summed E-state index contributed by atoms with van der Waals surface area (Å²) in [5, 5.41) is 0.856. The van der Waals surface area contributed by atoms with E-state index in [1.54, 1.807) is 18.2 Å². The predicted molar refractivity (Wildman–Crippen MR) is 85.3 cm³/mol. The highest BCUT2D eigenvalue weighted by Crippen LogP contribution is 2.27. The molecule has 0 saturated carbocycles. The Kier molecular flexibility index (Phi) is 4.22. The van der Waals surface area contributed by atoms with Crippen molar-refractivity contribution in [2.75, 3.05) is 0 Å². The van der Waals surface area contributed by atoms with Crippen LogP contribution in [0.2, 0.25) is 10.0 Å². The van der Waals surface area contributed by atoms with Gasteiger partial charge in [-0.25, -0.2) is 0 Å². The number of halogens is 2. The molecule has 0 fully saturated rings. The minimum Gasteiger partial charge on any atom is -0.289 e. The number of carbonyl (C=O) groups excluding carboxylic acids is 1. The zero-order valence-corrected chi connectivity index (χ0v) is 13.5. The van der Waals surface area contributed by atoms with Crippen LogP contribution in [-0.4, -0.2) is 5.78 Å². The Balaban J connectivity index is 2.62. The number of rotatable bonds is 2. The normalized spacial score (nSPS) is 10.7. The minimum atomic E-state index is -0.00892. The fraction of sp³-hybridized carbons (Fsp3) is 0.235. The first-order chi connectivity index (χ1) is 9.32. The highest BCUT2D eigenvalue weighted by Gasteiger charge is 2.18. The van der Waals surface area contributed by atoms with Gasteiger partial charge in [0.1, 0.15) is 0 Å². The van der Waals surface area contributed by atoms with Gasteiger partial charge in [-0.05, 0) is 68.1 Å². The van der Waals surface area contributed by atoms with Crippen molar-refractivity contribution in [1.29, 1.82) is 0 Å². The zero-order valence-electron chi connectivity index (χ0n) is 12.0. The SMILES string of the molecule is Cc1cc(C)c(C)c(C(=O)c2ccc(Cl)c(Cl)c2)c1C. The molecular weight excluding hydrogens is 291 g/mol. The molecule has 0 saturated heterocycles. The Morgan fingerprint density at radius 1 is 0.850 bits per heavy atom. The van der Waals surface area contributed by atoms with Crippen molar-refractivity contribution < 1.29 is 4.79 Å². The van der Waals surface area contributed by atoms with Crippen LogP contribution >= 0.6 is 23.2 Å². The van der Waals surface area contributed by atoms with Crippen LogP contribution in [0.25, 0.3) is 0 Å². The van der Waals surface area contributed by atoms with E-state index in [9.17, 15) is 4.79 Å². The first-order valence-electron chi connectivity index (χ1n) is 6.40. The highest BCUT2D eigenvalue weighted by molar-refractivity contribution is 6.42. The van der Waals surface area contributed by atoms with Gasteiger partial charge in [0.2, 0.25) is 0 Å². The first-order valence-corrected chi connectivity index (χ1v) is 7.15. The molecule has 0 aliphatic carbocycles. The standard InChI is InChI=1S/C17H16Cl2O/c1-9-7-10(2)12(4)16(11(9)3)17(20)13-5-6-14(18)15(19)8-13/h5-8H,1-4H3. The van der Waals surface area contributed by atoms with Crippen LogP contribution in [0.1, 0.15) is 38.2 Å². The number of carbonyl (C=O) groups is 1. The molecule has 0 N–H and O–H groups in total. The number of aryl methyl sites for hydroxylation is 2. The lowest BCUT2D eigenvalue weighted by Crippen LogP contribution is -2.09. The van der Waals surface area contributed by atoms with E-state index in [-0.39, 0.29) is 5.78 Å². The van der Waals surface area contributed by atoms with Gasteiger partial charge < -0.3 is 0 Å². The van der Waals surface area contributed by atoms with Crippen LogP contribution in [-0.2, 0) is 0 Å². The van der Waals surface area contributed by atoms with E-state index >= 15 is 0 Å². The van der Waals surface area contributed by atoms with E-state index in [1.165, 1.54) is 0 Å². The van der Waals surface area contributed by atoms with E-state index in [4.69, 9.17) is 23.2 Å². The van der Waals surface area contributed by atoms with E-state index in [0.29, 0.717) is 15.6 Å². The fourth-order valence-electron chi connectivity index (χ4n) is 2.34. The Morgan fingerprint density at radius 2 is 1.40 bits per heavy atom. The number of hydrogen-bond donors (Lipinski definition) is 0. The fourth-order valence-corrected chi connectivity index (χ4v) is 2.64. The van der Waals surface area contributed by atoms with E-state index in [0.717, 1.165) is 27.8 Å². The van der Waals surface area contributed by atoms with Gasteiger partial charge in [-0.1, -0.05) is 29.3 Å². The van der Waals surface area contributed by atoms with E-state index in [1.807, 2.05) is 27.7 Å². The Labute approximate surface area is 129 Å². The summed E-state index contributed by atoms with van der Waals surface area (Å²) in [5.74, 6) is -0.00892. The second kappa shape index (κ2) is 5.59. The molecule has 0 aliphatic heterocycles. The average Bonchev–Trinajstić information content (AvgIpc) is 2.40. The summed E-state index contributed by atoms with van der Waals surface area (Å²) in [6, 6.07) is 7.11. The summed E-state index contributed by atoms with van der Waals surface area (Å²) in [6.45, 7) is 8.00. The van der Waals surface area contributed by atoms with Crippen LogP contribution in [0.3, 0.4) is 0 Å². The lowest BCUT2D eigenvalue weighted by molar-refractivity contribution is 0.103. The van der Waals surface area contributed by atoms with Gasteiger partial charge in [0.25, 0.3) is 0 Å². The largest absolute Gasteiger partial charge is 0.289 e. The van der Waals surface area contributed by atoms with Crippen LogP contribution in [0.4, 0.5) is 0 Å². The smallest absolute Gasteiger partial charge is 0.193 e. The Hall–Kier alpha value is -1.31. The average molecular weight is 307 g/mol. The molecule has 0 aliphatic rings. The molecule has 3 heteroatoms. The summed E-state index contributed by atoms with van der Waals surface area (Å²) in [6.07, 6.45) is 0. The van der Waals surface area contributed by atoms with Crippen LogP contribution in [0.5, 0.6) is 0 Å². The molecule has 104 valence electrons. The highest BCUT2D eigenvalue weighted by atomic mass is 35.5. The maximum Gasteiger partial charge on any atom is 0.193 e.